The van der Waals surface area contributed by atoms with E-state index in [9.17, 15) is 9.90 Å². The van der Waals surface area contributed by atoms with E-state index in [1.165, 1.54) is 0 Å². The van der Waals surface area contributed by atoms with Gasteiger partial charge in [-0.05, 0) is 27.2 Å². The molecule has 0 aliphatic carbocycles. The predicted molar refractivity (Wildman–Crippen MR) is 54.9 cm³/mol. The molecule has 1 saturated heterocycles. The topological polar surface area (TPSA) is 52.6 Å². The summed E-state index contributed by atoms with van der Waals surface area (Å²) in [7, 11) is 1.64. The van der Waals surface area contributed by atoms with Gasteiger partial charge in [-0.2, -0.15) is 0 Å². The van der Waals surface area contributed by atoms with E-state index in [1.807, 2.05) is 20.8 Å². The Morgan fingerprint density at radius 2 is 2.21 bits per heavy atom. The molecule has 1 aliphatic heterocycles. The van der Waals surface area contributed by atoms with Crippen LogP contribution in [0, 0.1) is 0 Å². The summed E-state index contributed by atoms with van der Waals surface area (Å²) >= 11 is 0. The number of carbonyl (C=O) groups excluding carboxylic acids is 1. The van der Waals surface area contributed by atoms with Crippen LogP contribution >= 0.6 is 0 Å². The van der Waals surface area contributed by atoms with Crippen molar-refractivity contribution in [2.75, 3.05) is 13.6 Å². The zero-order valence-corrected chi connectivity index (χ0v) is 9.37. The number of likely N-dealkylation sites (N-methyl/N-ethyl adjacent to an activating group) is 1. The standard InChI is InChI=1S/C10H20N2O2/c1-7(9(14)11-4)12-6-5-8(13)10(12,2)3/h7-8,13H,5-6H2,1-4H3,(H,11,14). The first-order chi connectivity index (χ1) is 6.41. The van der Waals surface area contributed by atoms with Crippen molar-refractivity contribution >= 4 is 5.91 Å². The second kappa shape index (κ2) is 3.87. The van der Waals surface area contributed by atoms with Crippen LogP contribution in [0.25, 0.3) is 0 Å². The van der Waals surface area contributed by atoms with Crippen molar-refractivity contribution in [2.45, 2.75) is 44.9 Å². The minimum Gasteiger partial charge on any atom is -0.391 e. The van der Waals surface area contributed by atoms with E-state index in [-0.39, 0.29) is 23.6 Å². The molecule has 1 rings (SSSR count). The van der Waals surface area contributed by atoms with Crippen LogP contribution in [0.4, 0.5) is 0 Å². The molecular formula is C10H20N2O2. The molecule has 82 valence electrons. The van der Waals surface area contributed by atoms with Gasteiger partial charge in [0.2, 0.25) is 5.91 Å². The van der Waals surface area contributed by atoms with Crippen molar-refractivity contribution in [1.29, 1.82) is 0 Å². The molecule has 4 heteroatoms. The number of rotatable bonds is 2. The van der Waals surface area contributed by atoms with Crippen molar-refractivity contribution in [3.63, 3.8) is 0 Å². The highest BCUT2D eigenvalue weighted by molar-refractivity contribution is 5.81. The van der Waals surface area contributed by atoms with Gasteiger partial charge >= 0.3 is 0 Å². The zero-order chi connectivity index (χ0) is 10.9. The third-order valence-corrected chi connectivity index (χ3v) is 3.29. The lowest BCUT2D eigenvalue weighted by atomic mass is 9.97. The lowest BCUT2D eigenvalue weighted by Gasteiger charge is -2.37. The Bertz CT molecular complexity index is 228. The van der Waals surface area contributed by atoms with E-state index in [4.69, 9.17) is 0 Å². The van der Waals surface area contributed by atoms with Gasteiger partial charge in [-0.25, -0.2) is 0 Å². The van der Waals surface area contributed by atoms with Crippen molar-refractivity contribution < 1.29 is 9.90 Å². The monoisotopic (exact) mass is 200 g/mol. The number of carbonyl (C=O) groups is 1. The molecule has 2 N–H and O–H groups in total. The Balaban J connectivity index is 2.74. The third kappa shape index (κ3) is 1.77. The van der Waals surface area contributed by atoms with E-state index in [1.54, 1.807) is 7.05 Å². The Hall–Kier alpha value is -0.610. The first-order valence-electron chi connectivity index (χ1n) is 5.07. The summed E-state index contributed by atoms with van der Waals surface area (Å²) in [4.78, 5) is 13.5. The summed E-state index contributed by atoms with van der Waals surface area (Å²) < 4.78 is 0. The molecule has 0 aromatic heterocycles. The number of nitrogens with zero attached hydrogens (tertiary/aromatic N) is 1. The van der Waals surface area contributed by atoms with Crippen molar-refractivity contribution in [3.05, 3.63) is 0 Å². The average Bonchev–Trinajstić information content (AvgIpc) is 2.40. The molecule has 0 spiro atoms. The highest BCUT2D eigenvalue weighted by Gasteiger charge is 2.43. The van der Waals surface area contributed by atoms with Gasteiger partial charge in [0.25, 0.3) is 0 Å². The van der Waals surface area contributed by atoms with E-state index in [2.05, 4.69) is 10.2 Å². The zero-order valence-electron chi connectivity index (χ0n) is 9.37. The van der Waals surface area contributed by atoms with Gasteiger partial charge in [-0.3, -0.25) is 9.69 Å². The maximum absolute atomic E-state index is 11.5. The number of likely N-dealkylation sites (tertiary alicyclic amines) is 1. The average molecular weight is 200 g/mol. The van der Waals surface area contributed by atoms with Crippen LogP contribution in [-0.4, -0.2) is 47.2 Å². The second-order valence-electron chi connectivity index (χ2n) is 4.44. The van der Waals surface area contributed by atoms with Crippen molar-refractivity contribution in [3.8, 4) is 0 Å². The van der Waals surface area contributed by atoms with Gasteiger partial charge in [0.15, 0.2) is 0 Å². The number of hydrogen-bond donors (Lipinski definition) is 2. The molecule has 0 bridgehead atoms. The van der Waals surface area contributed by atoms with Crippen LogP contribution in [0.3, 0.4) is 0 Å². The Morgan fingerprint density at radius 3 is 2.57 bits per heavy atom. The fourth-order valence-electron chi connectivity index (χ4n) is 2.14. The molecule has 2 atom stereocenters. The second-order valence-corrected chi connectivity index (χ2v) is 4.44. The summed E-state index contributed by atoms with van der Waals surface area (Å²) in [6.07, 6.45) is 0.406. The van der Waals surface area contributed by atoms with E-state index < -0.39 is 0 Å². The molecular weight excluding hydrogens is 180 g/mol. The van der Waals surface area contributed by atoms with Crippen LogP contribution in [0.15, 0.2) is 0 Å². The van der Waals surface area contributed by atoms with Crippen LogP contribution in [0.1, 0.15) is 27.2 Å². The molecule has 0 saturated carbocycles. The molecule has 0 aromatic rings. The Labute approximate surface area is 85.3 Å². The third-order valence-electron chi connectivity index (χ3n) is 3.29. The first-order valence-corrected chi connectivity index (χ1v) is 5.07. The predicted octanol–water partition coefficient (Wildman–Crippen LogP) is -0.0339. The van der Waals surface area contributed by atoms with Gasteiger partial charge < -0.3 is 10.4 Å². The molecule has 0 radical (unpaired) electrons. The highest BCUT2D eigenvalue weighted by atomic mass is 16.3. The summed E-state index contributed by atoms with van der Waals surface area (Å²) in [5.74, 6) is 0.00664. The summed E-state index contributed by atoms with van der Waals surface area (Å²) in [6, 6.07) is -0.174. The van der Waals surface area contributed by atoms with Crippen LogP contribution in [-0.2, 0) is 4.79 Å². The number of nitrogens with one attached hydrogen (secondary N) is 1. The van der Waals surface area contributed by atoms with Crippen molar-refractivity contribution in [2.24, 2.45) is 0 Å². The quantitative estimate of drug-likeness (QED) is 0.658. The maximum atomic E-state index is 11.5. The van der Waals surface area contributed by atoms with Crippen molar-refractivity contribution in [1.82, 2.24) is 10.2 Å². The number of aliphatic hydroxyl groups excluding tert-OH is 1. The lowest BCUT2D eigenvalue weighted by molar-refractivity contribution is -0.127. The van der Waals surface area contributed by atoms with Gasteiger partial charge in [-0.15, -0.1) is 0 Å². The molecule has 1 amide bonds. The molecule has 4 nitrogen and oxygen atoms in total. The lowest BCUT2D eigenvalue weighted by Crippen LogP contribution is -2.53. The normalized spacial score (nSPS) is 28.8. The Morgan fingerprint density at radius 1 is 1.64 bits per heavy atom. The smallest absolute Gasteiger partial charge is 0.236 e. The summed E-state index contributed by atoms with van der Waals surface area (Å²) in [5, 5.41) is 12.4. The fourth-order valence-corrected chi connectivity index (χ4v) is 2.14. The minimum atomic E-state index is -0.338. The van der Waals surface area contributed by atoms with E-state index in [0.29, 0.717) is 0 Å². The summed E-state index contributed by atoms with van der Waals surface area (Å²) in [5.41, 5.74) is -0.300. The first kappa shape index (κ1) is 11.5. The molecule has 1 aliphatic rings. The Kier molecular flexibility index (Phi) is 3.17. The van der Waals surface area contributed by atoms with Gasteiger partial charge in [0.05, 0.1) is 12.1 Å². The number of hydrogen-bond acceptors (Lipinski definition) is 3. The van der Waals surface area contributed by atoms with Crippen LogP contribution in [0.2, 0.25) is 0 Å². The van der Waals surface area contributed by atoms with Gasteiger partial charge in [0.1, 0.15) is 0 Å². The van der Waals surface area contributed by atoms with Crippen LogP contribution < -0.4 is 5.32 Å². The minimum absolute atomic E-state index is 0.00664. The van der Waals surface area contributed by atoms with E-state index >= 15 is 0 Å². The number of amides is 1. The molecule has 2 unspecified atom stereocenters. The van der Waals surface area contributed by atoms with E-state index in [0.717, 1.165) is 13.0 Å². The van der Waals surface area contributed by atoms with Crippen LogP contribution in [0.5, 0.6) is 0 Å². The maximum Gasteiger partial charge on any atom is 0.236 e. The van der Waals surface area contributed by atoms with Gasteiger partial charge in [0, 0.05) is 19.1 Å². The highest BCUT2D eigenvalue weighted by Crippen LogP contribution is 2.30. The van der Waals surface area contributed by atoms with Gasteiger partial charge in [-0.1, -0.05) is 0 Å². The number of aliphatic hydroxyl groups is 1. The molecule has 0 aromatic carbocycles. The largest absolute Gasteiger partial charge is 0.391 e. The SMILES string of the molecule is CNC(=O)C(C)N1CCC(O)C1(C)C. The fraction of sp³-hybridized carbons (Fsp3) is 0.900. The summed E-state index contributed by atoms with van der Waals surface area (Å²) in [6.45, 7) is 6.61. The molecule has 1 fully saturated rings. The molecule has 14 heavy (non-hydrogen) atoms. The molecule has 1 heterocycles.